The van der Waals surface area contributed by atoms with E-state index in [4.69, 9.17) is 14.3 Å². The number of halogens is 3. The predicted octanol–water partition coefficient (Wildman–Crippen LogP) is 6.14. The monoisotopic (exact) mass is 843 g/mol. The number of amides is 2. The molecule has 6 aliphatic rings. The van der Waals surface area contributed by atoms with Gasteiger partial charge in [-0.25, -0.2) is 9.78 Å². The van der Waals surface area contributed by atoms with E-state index in [0.29, 0.717) is 49.8 Å². The molecule has 2 aromatic carbocycles. The second-order valence-corrected chi connectivity index (χ2v) is 19.0. The summed E-state index contributed by atoms with van der Waals surface area (Å²) in [4.78, 5) is 65.4. The average Bonchev–Trinajstić information content (AvgIpc) is 3.86. The molecule has 5 heterocycles. The number of aromatic amines is 1. The van der Waals surface area contributed by atoms with Gasteiger partial charge < -0.3 is 29.8 Å². The van der Waals surface area contributed by atoms with Crippen LogP contribution in [0.4, 0.5) is 18.9 Å². The smallest absolute Gasteiger partial charge is 0.404 e. The predicted molar refractivity (Wildman–Crippen MR) is 223 cm³/mol. The molecule has 5 fully saturated rings. The van der Waals surface area contributed by atoms with E-state index >= 15 is 0 Å². The van der Waals surface area contributed by atoms with Crippen LogP contribution >= 0.6 is 0 Å². The van der Waals surface area contributed by atoms with E-state index in [1.807, 2.05) is 38.1 Å². The molecule has 2 aromatic heterocycles. The lowest BCUT2D eigenvalue weighted by atomic mass is 9.43. The second kappa shape index (κ2) is 14.9. The molecule has 0 unspecified atom stereocenters. The molecule has 17 heteroatoms. The van der Waals surface area contributed by atoms with Gasteiger partial charge in [-0.05, 0) is 92.5 Å². The highest BCUT2D eigenvalue weighted by Gasteiger charge is 2.68. The Morgan fingerprint density at radius 1 is 1.03 bits per heavy atom. The molecule has 2 bridgehead atoms. The van der Waals surface area contributed by atoms with Crippen molar-refractivity contribution >= 4 is 35.7 Å². The molecule has 324 valence electrons. The molecule has 0 radical (unpaired) electrons. The number of carbonyl (C=O) groups excluding carboxylic acids is 2. The first-order valence-corrected chi connectivity index (χ1v) is 21.5. The first kappa shape index (κ1) is 41.5. The number of likely N-dealkylation sites (tertiary alicyclic amines) is 1. The van der Waals surface area contributed by atoms with Gasteiger partial charge in [-0.1, -0.05) is 52.0 Å². The Kier molecular flexibility index (Phi) is 10.1. The van der Waals surface area contributed by atoms with E-state index in [1.165, 1.54) is 22.9 Å². The first-order valence-electron chi connectivity index (χ1n) is 21.5. The van der Waals surface area contributed by atoms with E-state index in [9.17, 15) is 32.3 Å². The molecule has 2 amide bonds. The van der Waals surface area contributed by atoms with Gasteiger partial charge in [0.05, 0.1) is 40.4 Å². The van der Waals surface area contributed by atoms with Gasteiger partial charge >= 0.3 is 19.0 Å². The summed E-state index contributed by atoms with van der Waals surface area (Å²) in [5, 5.41) is 6.11. The van der Waals surface area contributed by atoms with Gasteiger partial charge in [0, 0.05) is 37.5 Å². The Labute approximate surface area is 351 Å². The number of alkyl halides is 3. The van der Waals surface area contributed by atoms with Crippen LogP contribution in [-0.4, -0.2) is 73.7 Å². The number of benzene rings is 2. The molecule has 7 atom stereocenters. The molecule has 3 aliphatic carbocycles. The summed E-state index contributed by atoms with van der Waals surface area (Å²) in [5.41, 5.74) is -1.04. The van der Waals surface area contributed by atoms with Crippen molar-refractivity contribution in [3.8, 4) is 0 Å². The minimum absolute atomic E-state index is 0.0113. The van der Waals surface area contributed by atoms with Gasteiger partial charge in [0.2, 0.25) is 11.8 Å². The lowest BCUT2D eigenvalue weighted by molar-refractivity contribution is -0.199. The number of hydrogen-bond acceptors (Lipinski definition) is 8. The van der Waals surface area contributed by atoms with Crippen LogP contribution in [0.5, 0.6) is 0 Å². The van der Waals surface area contributed by atoms with Crippen LogP contribution in [0.3, 0.4) is 0 Å². The Hall–Kier alpha value is -4.90. The van der Waals surface area contributed by atoms with Crippen molar-refractivity contribution in [2.45, 2.75) is 127 Å². The van der Waals surface area contributed by atoms with Crippen molar-refractivity contribution < 1.29 is 32.1 Å². The number of H-pyrrole nitrogens is 1. The zero-order valence-electron chi connectivity index (χ0n) is 35.2. The Bertz CT molecular complexity index is 2500. The van der Waals surface area contributed by atoms with E-state index in [2.05, 4.69) is 36.4 Å². The number of anilines is 1. The molecular weight excluding hydrogens is 790 g/mol. The van der Waals surface area contributed by atoms with Crippen molar-refractivity contribution in [2.75, 3.05) is 18.4 Å². The van der Waals surface area contributed by atoms with Crippen LogP contribution < -0.4 is 21.9 Å². The highest BCUT2D eigenvalue weighted by Crippen LogP contribution is 2.65. The number of carbonyl (C=O) groups is 2. The number of para-hydroxylation sites is 2. The standard InChI is InChI=1S/C44H53BF3N7O6/c1-6-35(45-60-34-20-27-19-33(41(27,2)3)43(34,5)61-45)52-37(57)32-21-42(4,22-36(56)53-16-14-28(15-17-53)54-31-13-8-7-12-29(31)51-40(54)59)39-50-24-30(38(58)55(32)39)49-23-25-10-9-11-26(18-25)44(46,47)48/h7-13,18,24,27-28,32-35,49H,6,14-17,19-23H2,1-5H3,(H,51,59)(H,52,57)/t27-,32-,33-,34+,35-,42-,43-/m0/s1. The fourth-order valence-corrected chi connectivity index (χ4v) is 11.3. The van der Waals surface area contributed by atoms with E-state index in [0.717, 1.165) is 36.0 Å². The number of aromatic nitrogens is 4. The van der Waals surface area contributed by atoms with Crippen LogP contribution in [0, 0.1) is 17.3 Å². The molecule has 2 saturated heterocycles. The van der Waals surface area contributed by atoms with Crippen LogP contribution in [0.25, 0.3) is 11.0 Å². The average molecular weight is 844 g/mol. The minimum atomic E-state index is -4.53. The third-order valence-electron chi connectivity index (χ3n) is 14.9. The summed E-state index contributed by atoms with van der Waals surface area (Å²) in [5.74, 6) is 0.0360. The number of imidazole rings is 1. The van der Waals surface area contributed by atoms with Crippen molar-refractivity contribution in [1.29, 1.82) is 0 Å². The van der Waals surface area contributed by atoms with Crippen LogP contribution in [0.15, 0.2) is 64.3 Å². The molecule has 4 aromatic rings. The topological polar surface area (TPSA) is 153 Å². The third-order valence-corrected chi connectivity index (χ3v) is 14.9. The maximum absolute atomic E-state index is 14.6. The third kappa shape index (κ3) is 6.99. The van der Waals surface area contributed by atoms with Gasteiger partial charge in [-0.15, -0.1) is 0 Å². The Morgan fingerprint density at radius 2 is 1.79 bits per heavy atom. The van der Waals surface area contributed by atoms with Crippen molar-refractivity contribution in [3.63, 3.8) is 0 Å². The lowest BCUT2D eigenvalue weighted by Crippen LogP contribution is -2.65. The molecule has 13 nitrogen and oxygen atoms in total. The zero-order chi connectivity index (χ0) is 43.2. The molecule has 3 N–H and O–H groups in total. The zero-order valence-corrected chi connectivity index (χ0v) is 35.2. The summed E-state index contributed by atoms with van der Waals surface area (Å²) in [7, 11) is -0.689. The summed E-state index contributed by atoms with van der Waals surface area (Å²) >= 11 is 0. The number of piperidine rings is 1. The largest absolute Gasteiger partial charge is 0.481 e. The van der Waals surface area contributed by atoms with Gasteiger partial charge in [-0.3, -0.25) is 23.5 Å². The normalized spacial score (nSPS) is 28.6. The Morgan fingerprint density at radius 3 is 2.51 bits per heavy atom. The molecule has 61 heavy (non-hydrogen) atoms. The fraction of sp³-hybridized carbons (Fsp3) is 0.568. The molecule has 3 saturated carbocycles. The van der Waals surface area contributed by atoms with Gasteiger partial charge in [0.1, 0.15) is 17.6 Å². The van der Waals surface area contributed by atoms with E-state index in [1.54, 1.807) is 9.47 Å². The summed E-state index contributed by atoms with van der Waals surface area (Å²) in [6, 6.07) is 11.2. The fourth-order valence-electron chi connectivity index (χ4n) is 11.3. The van der Waals surface area contributed by atoms with Crippen LogP contribution in [0.2, 0.25) is 0 Å². The summed E-state index contributed by atoms with van der Waals surface area (Å²) < 4.78 is 56.8. The highest BCUT2D eigenvalue weighted by molar-refractivity contribution is 6.47. The maximum Gasteiger partial charge on any atom is 0.481 e. The van der Waals surface area contributed by atoms with Gasteiger partial charge in [-0.2, -0.15) is 13.2 Å². The summed E-state index contributed by atoms with van der Waals surface area (Å²) in [6.07, 6.45) is 0.410. The second-order valence-electron chi connectivity index (χ2n) is 19.0. The maximum atomic E-state index is 14.6. The minimum Gasteiger partial charge on any atom is -0.404 e. The molecule has 10 rings (SSSR count). The number of fused-ring (bicyclic) bond motifs is 2. The van der Waals surface area contributed by atoms with E-state index in [-0.39, 0.29) is 60.1 Å². The number of hydrogen-bond donors (Lipinski definition) is 3. The number of rotatable bonds is 10. The SMILES string of the molecule is CC[C@H](NC(=O)[C@@H]1C[C@@](C)(CC(=O)N2CCC(n3c(=O)[nH]c4ccccc43)CC2)c2ncc(NCc3cccc(C(F)(F)F)c3)c(=O)n21)B1O[C@@H]2C[C@@H]3C[C@@H](C3(C)C)[C@]2(C)O1. The quantitative estimate of drug-likeness (QED) is 0.161. The van der Waals surface area contributed by atoms with Crippen LogP contribution in [-0.2, 0) is 37.0 Å². The Balaban J connectivity index is 0.954. The molecule has 3 aliphatic heterocycles. The van der Waals surface area contributed by atoms with Gasteiger partial charge in [0.15, 0.2) is 0 Å². The van der Waals surface area contributed by atoms with E-state index < -0.39 is 53.3 Å². The highest BCUT2D eigenvalue weighted by atomic mass is 19.4. The lowest BCUT2D eigenvalue weighted by Gasteiger charge is -2.64. The first-order chi connectivity index (χ1) is 28.9. The molecule has 0 spiro atoms. The number of nitrogens with one attached hydrogen (secondary N) is 3. The molecular formula is C44H53BF3N7O6. The van der Waals surface area contributed by atoms with Crippen LogP contribution in [0.1, 0.15) is 109 Å². The van der Waals surface area contributed by atoms with Crippen molar-refractivity contribution in [2.24, 2.45) is 17.3 Å². The van der Waals surface area contributed by atoms with Crippen molar-refractivity contribution in [1.82, 2.24) is 29.3 Å². The number of nitrogens with zero attached hydrogens (tertiary/aromatic N) is 4. The summed E-state index contributed by atoms with van der Waals surface area (Å²) in [6.45, 7) is 11.2. The van der Waals surface area contributed by atoms with Crippen molar-refractivity contribution in [3.05, 3.63) is 92.5 Å². The van der Waals surface area contributed by atoms with Gasteiger partial charge in [0.25, 0.3) is 5.56 Å².